The van der Waals surface area contributed by atoms with Crippen molar-refractivity contribution in [3.05, 3.63) is 51.3 Å². The molecule has 17 heavy (non-hydrogen) atoms. The largest absolute Gasteiger partial charge is 0.397 e. The summed E-state index contributed by atoms with van der Waals surface area (Å²) in [5, 5.41) is 3.11. The van der Waals surface area contributed by atoms with Crippen LogP contribution in [-0.4, -0.2) is 0 Å². The molecule has 0 amide bonds. The Morgan fingerprint density at radius 3 is 2.59 bits per heavy atom. The Kier molecular flexibility index (Phi) is 3.51. The standard InChI is InChI=1S/C13H12FIN2/c1-8-4-9(14)6-11(5-8)17-13-3-2-10(15)7-12(13)16/h2-7,17H,16H2,1H3. The van der Waals surface area contributed by atoms with Gasteiger partial charge in [-0.2, -0.15) is 0 Å². The van der Waals surface area contributed by atoms with Gasteiger partial charge < -0.3 is 11.1 Å². The summed E-state index contributed by atoms with van der Waals surface area (Å²) in [6.07, 6.45) is 0. The second-order valence-corrected chi connectivity index (χ2v) is 5.12. The van der Waals surface area contributed by atoms with Gasteiger partial charge in [0.1, 0.15) is 5.82 Å². The Hall–Kier alpha value is -1.30. The van der Waals surface area contributed by atoms with E-state index < -0.39 is 0 Å². The molecular weight excluding hydrogens is 330 g/mol. The smallest absolute Gasteiger partial charge is 0.125 e. The summed E-state index contributed by atoms with van der Waals surface area (Å²) in [5.41, 5.74) is 8.90. The van der Waals surface area contributed by atoms with Gasteiger partial charge in [0.2, 0.25) is 0 Å². The first-order valence-electron chi connectivity index (χ1n) is 5.14. The number of nitrogen functional groups attached to an aromatic ring is 1. The molecule has 0 saturated heterocycles. The first kappa shape index (κ1) is 12.2. The van der Waals surface area contributed by atoms with E-state index in [-0.39, 0.29) is 5.82 Å². The van der Waals surface area contributed by atoms with Crippen LogP contribution in [0, 0.1) is 16.3 Å². The van der Waals surface area contributed by atoms with Crippen LogP contribution in [0.15, 0.2) is 36.4 Å². The predicted molar refractivity (Wildman–Crippen MR) is 78.0 cm³/mol. The average Bonchev–Trinajstić information content (AvgIpc) is 2.21. The van der Waals surface area contributed by atoms with E-state index in [2.05, 4.69) is 27.9 Å². The Labute approximate surface area is 113 Å². The zero-order chi connectivity index (χ0) is 12.4. The van der Waals surface area contributed by atoms with Crippen LogP contribution in [0.4, 0.5) is 21.5 Å². The number of benzene rings is 2. The lowest BCUT2D eigenvalue weighted by Crippen LogP contribution is -1.97. The normalized spacial score (nSPS) is 10.3. The van der Waals surface area contributed by atoms with Crippen molar-refractivity contribution in [2.75, 3.05) is 11.1 Å². The Morgan fingerprint density at radius 1 is 1.18 bits per heavy atom. The van der Waals surface area contributed by atoms with Crippen LogP contribution in [0.2, 0.25) is 0 Å². The lowest BCUT2D eigenvalue weighted by atomic mass is 10.2. The molecule has 88 valence electrons. The molecule has 0 aliphatic heterocycles. The molecular formula is C13H12FIN2. The van der Waals surface area contributed by atoms with E-state index in [4.69, 9.17) is 5.73 Å². The first-order valence-corrected chi connectivity index (χ1v) is 6.22. The molecule has 3 N–H and O–H groups in total. The van der Waals surface area contributed by atoms with Crippen molar-refractivity contribution < 1.29 is 4.39 Å². The van der Waals surface area contributed by atoms with Gasteiger partial charge in [0.15, 0.2) is 0 Å². The fraction of sp³-hybridized carbons (Fsp3) is 0.0769. The SMILES string of the molecule is Cc1cc(F)cc(Nc2ccc(I)cc2N)c1. The second-order valence-electron chi connectivity index (χ2n) is 3.87. The molecule has 4 heteroatoms. The topological polar surface area (TPSA) is 38.0 Å². The van der Waals surface area contributed by atoms with E-state index in [0.717, 1.165) is 14.8 Å². The van der Waals surface area contributed by atoms with E-state index in [9.17, 15) is 4.39 Å². The highest BCUT2D eigenvalue weighted by molar-refractivity contribution is 14.1. The average molecular weight is 342 g/mol. The highest BCUT2D eigenvalue weighted by Crippen LogP contribution is 2.25. The zero-order valence-corrected chi connectivity index (χ0v) is 11.5. The fourth-order valence-corrected chi connectivity index (χ4v) is 2.13. The number of halogens is 2. The second kappa shape index (κ2) is 4.91. The molecule has 0 aromatic heterocycles. The predicted octanol–water partition coefficient (Wildman–Crippen LogP) is 4.06. The molecule has 0 atom stereocenters. The van der Waals surface area contributed by atoms with Crippen molar-refractivity contribution in [2.24, 2.45) is 0 Å². The van der Waals surface area contributed by atoms with E-state index in [1.165, 1.54) is 12.1 Å². The van der Waals surface area contributed by atoms with E-state index >= 15 is 0 Å². The molecule has 0 aliphatic rings. The minimum absolute atomic E-state index is 0.253. The molecule has 0 radical (unpaired) electrons. The summed E-state index contributed by atoms with van der Waals surface area (Å²) in [6, 6.07) is 10.5. The molecule has 0 aliphatic carbocycles. The molecule has 0 heterocycles. The van der Waals surface area contributed by atoms with E-state index in [0.29, 0.717) is 11.4 Å². The van der Waals surface area contributed by atoms with Crippen LogP contribution in [0.25, 0.3) is 0 Å². The van der Waals surface area contributed by atoms with Crippen molar-refractivity contribution in [1.82, 2.24) is 0 Å². The van der Waals surface area contributed by atoms with Gasteiger partial charge in [-0.25, -0.2) is 4.39 Å². The molecule has 2 rings (SSSR count). The number of hydrogen-bond acceptors (Lipinski definition) is 2. The minimum Gasteiger partial charge on any atom is -0.397 e. The van der Waals surface area contributed by atoms with Crippen molar-refractivity contribution in [3.8, 4) is 0 Å². The fourth-order valence-electron chi connectivity index (χ4n) is 1.61. The van der Waals surface area contributed by atoms with Crippen LogP contribution in [0.5, 0.6) is 0 Å². The van der Waals surface area contributed by atoms with Crippen LogP contribution in [-0.2, 0) is 0 Å². The highest BCUT2D eigenvalue weighted by atomic mass is 127. The molecule has 2 nitrogen and oxygen atoms in total. The Balaban J connectivity index is 2.31. The van der Waals surface area contributed by atoms with Gasteiger partial charge in [-0.15, -0.1) is 0 Å². The maximum Gasteiger partial charge on any atom is 0.125 e. The van der Waals surface area contributed by atoms with Crippen LogP contribution < -0.4 is 11.1 Å². The van der Waals surface area contributed by atoms with Gasteiger partial charge in [0.25, 0.3) is 0 Å². The summed E-state index contributed by atoms with van der Waals surface area (Å²) >= 11 is 2.20. The van der Waals surface area contributed by atoms with Crippen LogP contribution in [0.3, 0.4) is 0 Å². The van der Waals surface area contributed by atoms with Crippen molar-refractivity contribution >= 4 is 39.7 Å². The summed E-state index contributed by atoms with van der Waals surface area (Å²) in [5.74, 6) is -0.253. The number of hydrogen-bond donors (Lipinski definition) is 2. The lowest BCUT2D eigenvalue weighted by molar-refractivity contribution is 0.627. The van der Waals surface area contributed by atoms with Crippen molar-refractivity contribution in [2.45, 2.75) is 6.92 Å². The maximum absolute atomic E-state index is 13.2. The van der Waals surface area contributed by atoms with Crippen molar-refractivity contribution in [3.63, 3.8) is 0 Å². The third kappa shape index (κ3) is 3.09. The number of aryl methyl sites for hydroxylation is 1. The molecule has 0 spiro atoms. The molecule has 2 aromatic rings. The summed E-state index contributed by atoms with van der Waals surface area (Å²) in [4.78, 5) is 0. The molecule has 0 saturated carbocycles. The summed E-state index contributed by atoms with van der Waals surface area (Å²) < 4.78 is 14.3. The van der Waals surface area contributed by atoms with E-state index in [1.54, 1.807) is 0 Å². The lowest BCUT2D eigenvalue weighted by Gasteiger charge is -2.10. The Morgan fingerprint density at radius 2 is 1.94 bits per heavy atom. The van der Waals surface area contributed by atoms with Gasteiger partial charge in [-0.3, -0.25) is 0 Å². The van der Waals surface area contributed by atoms with Crippen LogP contribution in [0.1, 0.15) is 5.56 Å². The van der Waals surface area contributed by atoms with E-state index in [1.807, 2.05) is 31.2 Å². The maximum atomic E-state index is 13.2. The van der Waals surface area contributed by atoms with Gasteiger partial charge in [0, 0.05) is 9.26 Å². The molecule has 2 aromatic carbocycles. The van der Waals surface area contributed by atoms with Gasteiger partial charge in [-0.05, 0) is 71.5 Å². The third-order valence-electron chi connectivity index (χ3n) is 2.33. The number of rotatable bonds is 2. The number of anilines is 3. The quantitative estimate of drug-likeness (QED) is 0.638. The van der Waals surface area contributed by atoms with Gasteiger partial charge in [-0.1, -0.05) is 0 Å². The Bertz CT molecular complexity index is 535. The first-order chi connectivity index (χ1) is 8.04. The monoisotopic (exact) mass is 342 g/mol. The highest BCUT2D eigenvalue weighted by Gasteiger charge is 2.02. The molecule has 0 unspecified atom stereocenters. The summed E-state index contributed by atoms with van der Waals surface area (Å²) in [7, 11) is 0. The third-order valence-corrected chi connectivity index (χ3v) is 3.01. The molecule has 0 bridgehead atoms. The van der Waals surface area contributed by atoms with Gasteiger partial charge >= 0.3 is 0 Å². The molecule has 0 fully saturated rings. The minimum atomic E-state index is -0.253. The van der Waals surface area contributed by atoms with Crippen molar-refractivity contribution in [1.29, 1.82) is 0 Å². The number of nitrogens with two attached hydrogens (primary N) is 1. The number of nitrogens with one attached hydrogen (secondary N) is 1. The summed E-state index contributed by atoms with van der Waals surface area (Å²) in [6.45, 7) is 1.85. The van der Waals surface area contributed by atoms with Gasteiger partial charge in [0.05, 0.1) is 11.4 Å². The van der Waals surface area contributed by atoms with Crippen LogP contribution >= 0.6 is 22.6 Å². The zero-order valence-electron chi connectivity index (χ0n) is 9.30.